The Bertz CT molecular complexity index is 1350. The van der Waals surface area contributed by atoms with Gasteiger partial charge in [0, 0.05) is 48.8 Å². The first kappa shape index (κ1) is 24.9. The molecule has 4 aliphatic rings. The van der Waals surface area contributed by atoms with E-state index in [1.807, 2.05) is 28.0 Å². The molecule has 4 fully saturated rings. The molecule has 0 unspecified atom stereocenters. The Kier molecular flexibility index (Phi) is 6.65. The van der Waals surface area contributed by atoms with Crippen molar-refractivity contribution in [1.82, 2.24) is 14.4 Å². The number of benzene rings is 2. The van der Waals surface area contributed by atoms with Crippen LogP contribution < -0.4 is 0 Å². The Morgan fingerprint density at radius 3 is 2.38 bits per heavy atom. The van der Waals surface area contributed by atoms with Crippen LogP contribution in [0.1, 0.15) is 64.3 Å². The van der Waals surface area contributed by atoms with Crippen molar-refractivity contribution in [2.45, 2.75) is 56.7 Å². The van der Waals surface area contributed by atoms with Crippen molar-refractivity contribution in [2.24, 2.45) is 5.92 Å². The summed E-state index contributed by atoms with van der Waals surface area (Å²) in [6.45, 7) is 4.90. The van der Waals surface area contributed by atoms with Crippen LogP contribution >= 0.6 is 0 Å². The first-order chi connectivity index (χ1) is 19.1. The molecule has 2 amide bonds. The number of morpholine rings is 2. The average molecular weight is 528 g/mol. The Morgan fingerprint density at radius 2 is 1.67 bits per heavy atom. The summed E-state index contributed by atoms with van der Waals surface area (Å²) in [6.07, 6.45) is 7.95. The SMILES string of the molecule is O=C(c1cn(CC2CCC(c3ccc(C(=O)N4C[C@H]5C[C@@H]4CO5)cc3)CC2)c2ccccc12)N1CCOCC1. The second-order valence-corrected chi connectivity index (χ2v) is 11.8. The molecule has 3 aromatic rings. The van der Waals surface area contributed by atoms with Crippen LogP contribution in [0.5, 0.6) is 0 Å². The van der Waals surface area contributed by atoms with Gasteiger partial charge in [-0.3, -0.25) is 9.59 Å². The van der Waals surface area contributed by atoms with Gasteiger partial charge in [0.05, 0.1) is 37.5 Å². The molecule has 39 heavy (non-hydrogen) atoms. The first-order valence-corrected chi connectivity index (χ1v) is 14.6. The average Bonchev–Trinajstić information content (AvgIpc) is 3.73. The summed E-state index contributed by atoms with van der Waals surface area (Å²) in [7, 11) is 0. The Morgan fingerprint density at radius 1 is 0.897 bits per heavy atom. The number of para-hydroxylation sites is 1. The number of ether oxygens (including phenoxy) is 2. The maximum atomic E-state index is 13.3. The molecule has 204 valence electrons. The van der Waals surface area contributed by atoms with Crippen LogP contribution in [0, 0.1) is 5.92 Å². The lowest BCUT2D eigenvalue weighted by atomic mass is 9.78. The molecule has 2 aromatic carbocycles. The number of likely N-dealkylation sites (tertiary alicyclic amines) is 1. The van der Waals surface area contributed by atoms with E-state index in [9.17, 15) is 9.59 Å². The highest BCUT2D eigenvalue weighted by molar-refractivity contribution is 6.07. The third kappa shape index (κ3) is 4.76. The quantitative estimate of drug-likeness (QED) is 0.483. The van der Waals surface area contributed by atoms with E-state index in [0.717, 1.165) is 54.4 Å². The maximum absolute atomic E-state index is 13.3. The van der Waals surface area contributed by atoms with E-state index in [1.54, 1.807) is 0 Å². The van der Waals surface area contributed by atoms with Crippen molar-refractivity contribution in [3.05, 3.63) is 71.4 Å². The molecule has 0 N–H and O–H groups in total. The van der Waals surface area contributed by atoms with Gasteiger partial charge in [-0.2, -0.15) is 0 Å². The van der Waals surface area contributed by atoms with Crippen LogP contribution in [-0.2, 0) is 16.0 Å². The van der Waals surface area contributed by atoms with Crippen molar-refractivity contribution in [3.63, 3.8) is 0 Å². The fourth-order valence-corrected chi connectivity index (χ4v) is 7.17. The lowest BCUT2D eigenvalue weighted by Crippen LogP contribution is -2.41. The topological polar surface area (TPSA) is 64.0 Å². The van der Waals surface area contributed by atoms with Gasteiger partial charge >= 0.3 is 0 Å². The van der Waals surface area contributed by atoms with Gasteiger partial charge in [-0.15, -0.1) is 0 Å². The molecule has 3 saturated heterocycles. The molecular weight excluding hydrogens is 490 g/mol. The molecule has 0 spiro atoms. The van der Waals surface area contributed by atoms with E-state index in [2.05, 4.69) is 41.1 Å². The molecule has 7 rings (SSSR count). The highest BCUT2D eigenvalue weighted by Crippen LogP contribution is 2.38. The van der Waals surface area contributed by atoms with Gasteiger partial charge in [0.1, 0.15) is 0 Å². The zero-order valence-corrected chi connectivity index (χ0v) is 22.5. The third-order valence-electron chi connectivity index (χ3n) is 9.41. The maximum Gasteiger partial charge on any atom is 0.256 e. The molecule has 1 saturated carbocycles. The number of nitrogens with zero attached hydrogens (tertiary/aromatic N) is 3. The van der Waals surface area contributed by atoms with E-state index in [1.165, 1.54) is 18.4 Å². The molecule has 2 bridgehead atoms. The van der Waals surface area contributed by atoms with Crippen LogP contribution in [-0.4, -0.2) is 77.8 Å². The predicted octanol–water partition coefficient (Wildman–Crippen LogP) is 4.70. The minimum Gasteiger partial charge on any atom is -0.378 e. The smallest absolute Gasteiger partial charge is 0.256 e. The molecule has 1 aliphatic carbocycles. The number of fused-ring (bicyclic) bond motifs is 3. The summed E-state index contributed by atoms with van der Waals surface area (Å²) in [5.74, 6) is 1.40. The van der Waals surface area contributed by atoms with Crippen LogP contribution in [0.4, 0.5) is 0 Å². The Hall–Kier alpha value is -3.16. The first-order valence-electron chi connectivity index (χ1n) is 14.6. The lowest BCUT2D eigenvalue weighted by molar-refractivity contribution is 0.0259. The number of hydrogen-bond donors (Lipinski definition) is 0. The Balaban J connectivity index is 0.990. The fraction of sp³-hybridized carbons (Fsp3) is 0.500. The van der Waals surface area contributed by atoms with Crippen LogP contribution in [0.3, 0.4) is 0 Å². The van der Waals surface area contributed by atoms with Gasteiger partial charge < -0.3 is 23.8 Å². The molecule has 3 aliphatic heterocycles. The van der Waals surface area contributed by atoms with Crippen LogP contribution in [0.15, 0.2) is 54.7 Å². The largest absolute Gasteiger partial charge is 0.378 e. The summed E-state index contributed by atoms with van der Waals surface area (Å²) < 4.78 is 13.4. The van der Waals surface area contributed by atoms with Gasteiger partial charge in [0.2, 0.25) is 0 Å². The summed E-state index contributed by atoms with van der Waals surface area (Å²) in [4.78, 5) is 30.2. The van der Waals surface area contributed by atoms with E-state index in [0.29, 0.717) is 44.7 Å². The van der Waals surface area contributed by atoms with Crippen molar-refractivity contribution < 1.29 is 19.1 Å². The molecule has 0 radical (unpaired) electrons. The minimum atomic E-state index is 0.115. The van der Waals surface area contributed by atoms with Crippen molar-refractivity contribution >= 4 is 22.7 Å². The molecule has 2 atom stereocenters. The van der Waals surface area contributed by atoms with Crippen molar-refractivity contribution in [1.29, 1.82) is 0 Å². The highest BCUT2D eigenvalue weighted by atomic mass is 16.5. The predicted molar refractivity (Wildman–Crippen MR) is 149 cm³/mol. The third-order valence-corrected chi connectivity index (χ3v) is 9.41. The summed E-state index contributed by atoms with van der Waals surface area (Å²) >= 11 is 0. The number of carbonyl (C=O) groups is 2. The molecule has 4 heterocycles. The lowest BCUT2D eigenvalue weighted by Gasteiger charge is -2.30. The van der Waals surface area contributed by atoms with E-state index < -0.39 is 0 Å². The molecule has 1 aromatic heterocycles. The second-order valence-electron chi connectivity index (χ2n) is 11.8. The molecule has 7 heteroatoms. The summed E-state index contributed by atoms with van der Waals surface area (Å²) in [5.41, 5.74) is 4.10. The van der Waals surface area contributed by atoms with Crippen molar-refractivity contribution in [3.8, 4) is 0 Å². The molecule has 7 nitrogen and oxygen atoms in total. The number of hydrogen-bond acceptors (Lipinski definition) is 4. The molecular formula is C32H37N3O4. The monoisotopic (exact) mass is 527 g/mol. The standard InChI is InChI=1S/C32H37N3O4/c36-31(35-19-27-17-26(35)21-39-27)25-11-9-24(10-12-25)23-7-5-22(6-8-23)18-34-20-29(28-3-1-2-4-30(28)34)32(37)33-13-15-38-16-14-33/h1-4,9-12,20,22-23,26-27H,5-8,13-19,21H2/t22?,23?,26-,27-/m1/s1. The highest BCUT2D eigenvalue weighted by Gasteiger charge is 2.41. The number of carbonyl (C=O) groups excluding carboxylic acids is 2. The fourth-order valence-electron chi connectivity index (χ4n) is 7.17. The Labute approximate surface area is 229 Å². The van der Waals surface area contributed by atoms with E-state index in [4.69, 9.17) is 9.47 Å². The zero-order chi connectivity index (χ0) is 26.3. The van der Waals surface area contributed by atoms with Crippen LogP contribution in [0.2, 0.25) is 0 Å². The van der Waals surface area contributed by atoms with Gasteiger partial charge in [-0.05, 0) is 67.7 Å². The number of rotatable bonds is 5. The number of aromatic nitrogens is 1. The van der Waals surface area contributed by atoms with Gasteiger partial charge in [-0.25, -0.2) is 0 Å². The second kappa shape index (κ2) is 10.4. The summed E-state index contributed by atoms with van der Waals surface area (Å²) in [5, 5.41) is 1.05. The number of amides is 2. The van der Waals surface area contributed by atoms with E-state index in [-0.39, 0.29) is 24.0 Å². The zero-order valence-electron chi connectivity index (χ0n) is 22.5. The normalized spacial score (nSPS) is 26.9. The minimum absolute atomic E-state index is 0.115. The van der Waals surface area contributed by atoms with E-state index >= 15 is 0 Å². The summed E-state index contributed by atoms with van der Waals surface area (Å²) in [6, 6.07) is 16.9. The van der Waals surface area contributed by atoms with Crippen LogP contribution in [0.25, 0.3) is 10.9 Å². The van der Waals surface area contributed by atoms with Gasteiger partial charge in [-0.1, -0.05) is 30.3 Å². The van der Waals surface area contributed by atoms with Crippen molar-refractivity contribution in [2.75, 3.05) is 39.5 Å². The van der Waals surface area contributed by atoms with Gasteiger partial charge in [0.15, 0.2) is 0 Å². The van der Waals surface area contributed by atoms with Gasteiger partial charge in [0.25, 0.3) is 11.8 Å².